The van der Waals surface area contributed by atoms with Gasteiger partial charge in [0.25, 0.3) is 0 Å². The summed E-state index contributed by atoms with van der Waals surface area (Å²) in [6.45, 7) is 5.22. The van der Waals surface area contributed by atoms with Crippen molar-refractivity contribution < 1.29 is 9.47 Å². The Balaban J connectivity index is 1.58. The summed E-state index contributed by atoms with van der Waals surface area (Å²) in [5.74, 6) is 0. The van der Waals surface area contributed by atoms with Gasteiger partial charge < -0.3 is 19.8 Å². The van der Waals surface area contributed by atoms with Gasteiger partial charge in [0.05, 0.1) is 25.6 Å². The maximum atomic E-state index is 5.72. The molecular formula is C11H19N3O2. The number of imidazole rings is 1. The number of H-pyrrole nitrogens is 1. The molecule has 2 heterocycles. The van der Waals surface area contributed by atoms with Crippen LogP contribution in [0.1, 0.15) is 19.0 Å². The molecule has 1 aromatic rings. The lowest BCUT2D eigenvalue weighted by atomic mass is 10.3. The summed E-state index contributed by atoms with van der Waals surface area (Å²) in [7, 11) is 0. The number of ether oxygens (including phenoxy) is 2. The summed E-state index contributed by atoms with van der Waals surface area (Å²) in [6, 6.07) is 0.337. The lowest BCUT2D eigenvalue weighted by Gasteiger charge is -2.16. The largest absolute Gasteiger partial charge is 0.379 e. The van der Waals surface area contributed by atoms with E-state index >= 15 is 0 Å². The molecule has 0 spiro atoms. The van der Waals surface area contributed by atoms with Crippen molar-refractivity contribution in [3.8, 4) is 0 Å². The molecule has 2 unspecified atom stereocenters. The normalized spacial score (nSPS) is 22.4. The first kappa shape index (κ1) is 11.6. The molecule has 0 radical (unpaired) electrons. The van der Waals surface area contributed by atoms with Gasteiger partial charge in [0, 0.05) is 31.1 Å². The zero-order valence-corrected chi connectivity index (χ0v) is 9.61. The molecule has 1 aliphatic heterocycles. The highest BCUT2D eigenvalue weighted by Gasteiger charge is 2.16. The topological polar surface area (TPSA) is 59.2 Å². The fraction of sp³-hybridized carbons (Fsp3) is 0.727. The SMILES string of the molecule is CC(COC1CCOC1)NCc1cnc[nH]1. The quantitative estimate of drug-likeness (QED) is 0.748. The lowest BCUT2D eigenvalue weighted by molar-refractivity contribution is 0.0322. The van der Waals surface area contributed by atoms with Gasteiger partial charge in [-0.05, 0) is 13.3 Å². The second kappa shape index (κ2) is 5.98. The van der Waals surface area contributed by atoms with Crippen molar-refractivity contribution in [3.05, 3.63) is 18.2 Å². The van der Waals surface area contributed by atoms with E-state index in [-0.39, 0.29) is 6.10 Å². The Bertz CT molecular complexity index is 283. The first-order valence-corrected chi connectivity index (χ1v) is 5.74. The second-order valence-electron chi connectivity index (χ2n) is 4.18. The Morgan fingerprint density at radius 3 is 3.38 bits per heavy atom. The van der Waals surface area contributed by atoms with Crippen LogP contribution in [-0.2, 0) is 16.0 Å². The number of hydrogen-bond donors (Lipinski definition) is 2. The van der Waals surface area contributed by atoms with E-state index in [1.165, 1.54) is 0 Å². The second-order valence-corrected chi connectivity index (χ2v) is 4.18. The molecule has 1 fully saturated rings. The van der Waals surface area contributed by atoms with Crippen molar-refractivity contribution in [3.63, 3.8) is 0 Å². The monoisotopic (exact) mass is 225 g/mol. The maximum Gasteiger partial charge on any atom is 0.0922 e. The third-order valence-corrected chi connectivity index (χ3v) is 2.67. The average Bonchev–Trinajstić information content (AvgIpc) is 2.96. The van der Waals surface area contributed by atoms with Gasteiger partial charge in [-0.3, -0.25) is 0 Å². The van der Waals surface area contributed by atoms with E-state index in [1.54, 1.807) is 6.33 Å². The Morgan fingerprint density at radius 1 is 1.75 bits per heavy atom. The van der Waals surface area contributed by atoms with E-state index in [9.17, 15) is 0 Å². The number of aromatic nitrogens is 2. The smallest absolute Gasteiger partial charge is 0.0922 e. The highest BCUT2D eigenvalue weighted by atomic mass is 16.5. The number of rotatable bonds is 6. The highest BCUT2D eigenvalue weighted by molar-refractivity contribution is 4.93. The average molecular weight is 225 g/mol. The number of nitrogens with one attached hydrogen (secondary N) is 2. The number of hydrogen-bond acceptors (Lipinski definition) is 4. The van der Waals surface area contributed by atoms with Gasteiger partial charge in [-0.2, -0.15) is 0 Å². The van der Waals surface area contributed by atoms with E-state index in [4.69, 9.17) is 9.47 Å². The predicted molar refractivity (Wildman–Crippen MR) is 60.1 cm³/mol. The van der Waals surface area contributed by atoms with Crippen LogP contribution in [0.25, 0.3) is 0 Å². The van der Waals surface area contributed by atoms with Gasteiger partial charge in [0.2, 0.25) is 0 Å². The standard InChI is InChI=1S/C11H19N3O2/c1-9(6-16-11-2-3-15-7-11)13-5-10-4-12-8-14-10/h4,8-9,11,13H,2-3,5-7H2,1H3,(H,12,14). The van der Waals surface area contributed by atoms with E-state index < -0.39 is 0 Å². The number of aromatic amines is 1. The van der Waals surface area contributed by atoms with Crippen LogP contribution in [0.2, 0.25) is 0 Å². The fourth-order valence-corrected chi connectivity index (χ4v) is 1.65. The van der Waals surface area contributed by atoms with Gasteiger partial charge in [0.1, 0.15) is 0 Å². The molecular weight excluding hydrogens is 206 g/mol. The maximum absolute atomic E-state index is 5.72. The first-order valence-electron chi connectivity index (χ1n) is 5.74. The first-order chi connectivity index (χ1) is 7.84. The summed E-state index contributed by atoms with van der Waals surface area (Å²) in [4.78, 5) is 7.02. The fourth-order valence-electron chi connectivity index (χ4n) is 1.65. The van der Waals surface area contributed by atoms with Crippen LogP contribution >= 0.6 is 0 Å². The minimum atomic E-state index is 0.288. The molecule has 0 amide bonds. The van der Waals surface area contributed by atoms with Crippen LogP contribution in [0.4, 0.5) is 0 Å². The number of nitrogens with zero attached hydrogens (tertiary/aromatic N) is 1. The van der Waals surface area contributed by atoms with Gasteiger partial charge in [0.15, 0.2) is 0 Å². The van der Waals surface area contributed by atoms with Crippen LogP contribution < -0.4 is 5.32 Å². The molecule has 2 atom stereocenters. The molecule has 0 aromatic carbocycles. The van der Waals surface area contributed by atoms with Crippen LogP contribution in [0, 0.1) is 0 Å². The van der Waals surface area contributed by atoms with Crippen molar-refractivity contribution in [2.45, 2.75) is 32.0 Å². The summed E-state index contributed by atoms with van der Waals surface area (Å²) < 4.78 is 11.0. The summed E-state index contributed by atoms with van der Waals surface area (Å²) in [6.07, 6.45) is 4.82. The van der Waals surface area contributed by atoms with Crippen molar-refractivity contribution >= 4 is 0 Å². The molecule has 5 heteroatoms. The molecule has 2 rings (SSSR count). The molecule has 90 valence electrons. The minimum Gasteiger partial charge on any atom is -0.379 e. The Labute approximate surface area is 95.6 Å². The zero-order valence-electron chi connectivity index (χ0n) is 9.61. The molecule has 16 heavy (non-hydrogen) atoms. The lowest BCUT2D eigenvalue weighted by Crippen LogP contribution is -2.32. The van der Waals surface area contributed by atoms with E-state index in [0.717, 1.165) is 38.5 Å². The van der Waals surface area contributed by atoms with Crippen LogP contribution in [0.3, 0.4) is 0 Å². The Kier molecular flexibility index (Phi) is 4.33. The third kappa shape index (κ3) is 3.59. The minimum absolute atomic E-state index is 0.288. The van der Waals surface area contributed by atoms with Gasteiger partial charge >= 0.3 is 0 Å². The van der Waals surface area contributed by atoms with Crippen LogP contribution in [0.5, 0.6) is 0 Å². The predicted octanol–water partition coefficient (Wildman–Crippen LogP) is 0.693. The zero-order chi connectivity index (χ0) is 11.2. The molecule has 1 saturated heterocycles. The molecule has 5 nitrogen and oxygen atoms in total. The van der Waals surface area contributed by atoms with Crippen LogP contribution in [0.15, 0.2) is 12.5 Å². The highest BCUT2D eigenvalue weighted by Crippen LogP contribution is 2.08. The molecule has 0 saturated carbocycles. The molecule has 1 aromatic heterocycles. The van der Waals surface area contributed by atoms with Gasteiger partial charge in [-0.15, -0.1) is 0 Å². The van der Waals surface area contributed by atoms with E-state index in [0.29, 0.717) is 6.04 Å². The van der Waals surface area contributed by atoms with E-state index in [2.05, 4.69) is 22.2 Å². The van der Waals surface area contributed by atoms with Gasteiger partial charge in [-0.1, -0.05) is 0 Å². The van der Waals surface area contributed by atoms with E-state index in [1.807, 2.05) is 6.20 Å². The van der Waals surface area contributed by atoms with Crippen LogP contribution in [-0.4, -0.2) is 41.9 Å². The third-order valence-electron chi connectivity index (χ3n) is 2.67. The van der Waals surface area contributed by atoms with Gasteiger partial charge in [-0.25, -0.2) is 4.98 Å². The summed E-state index contributed by atoms with van der Waals surface area (Å²) in [5, 5.41) is 3.37. The molecule has 2 N–H and O–H groups in total. The summed E-state index contributed by atoms with van der Waals surface area (Å²) in [5.41, 5.74) is 1.09. The molecule has 0 bridgehead atoms. The van der Waals surface area contributed by atoms with Crippen molar-refractivity contribution in [2.24, 2.45) is 0 Å². The van der Waals surface area contributed by atoms with Crippen molar-refractivity contribution in [2.75, 3.05) is 19.8 Å². The van der Waals surface area contributed by atoms with Crippen molar-refractivity contribution in [1.82, 2.24) is 15.3 Å². The Morgan fingerprint density at radius 2 is 2.69 bits per heavy atom. The Hall–Kier alpha value is -0.910. The molecule has 1 aliphatic rings. The van der Waals surface area contributed by atoms with Crippen molar-refractivity contribution in [1.29, 1.82) is 0 Å². The molecule has 0 aliphatic carbocycles. The summed E-state index contributed by atoms with van der Waals surface area (Å²) >= 11 is 0.